The number of amides is 1. The van der Waals surface area contributed by atoms with Crippen molar-refractivity contribution in [2.24, 2.45) is 0 Å². The van der Waals surface area contributed by atoms with Gasteiger partial charge >= 0.3 is 0 Å². The first-order valence-electron chi connectivity index (χ1n) is 5.93. The normalized spacial score (nSPS) is 21.3. The first kappa shape index (κ1) is 13.2. The van der Waals surface area contributed by atoms with Crippen molar-refractivity contribution in [2.45, 2.75) is 4.87 Å². The molecule has 1 amide bonds. The fourth-order valence-electron chi connectivity index (χ4n) is 2.24. The fraction of sp³-hybridized carbons (Fsp3) is 0.0667. The van der Waals surface area contributed by atoms with Gasteiger partial charge in [0.05, 0.1) is 5.69 Å². The van der Waals surface area contributed by atoms with E-state index in [1.54, 1.807) is 42.5 Å². The van der Waals surface area contributed by atoms with Crippen LogP contribution in [0.1, 0.15) is 15.9 Å². The molecule has 0 aromatic heterocycles. The molecule has 0 aliphatic carbocycles. The van der Waals surface area contributed by atoms with Gasteiger partial charge in [-0.3, -0.25) is 9.59 Å². The fourth-order valence-corrected chi connectivity index (χ4v) is 2.69. The van der Waals surface area contributed by atoms with Crippen molar-refractivity contribution < 1.29 is 9.59 Å². The minimum Gasteiger partial charge on any atom is -0.323 e. The molecule has 20 heavy (non-hydrogen) atoms. The molecule has 1 N–H and O–H groups in total. The van der Waals surface area contributed by atoms with Gasteiger partial charge in [-0.2, -0.15) is 0 Å². The van der Waals surface area contributed by atoms with Gasteiger partial charge in [0.25, 0.3) is 5.91 Å². The third-order valence-electron chi connectivity index (χ3n) is 3.27. The molecule has 0 saturated heterocycles. The van der Waals surface area contributed by atoms with Gasteiger partial charge in [0.1, 0.15) is 0 Å². The maximum atomic E-state index is 12.7. The molecule has 0 spiro atoms. The highest BCUT2D eigenvalue weighted by Crippen LogP contribution is 2.40. The van der Waals surface area contributed by atoms with Crippen LogP contribution in [0.5, 0.6) is 0 Å². The zero-order valence-corrected chi connectivity index (χ0v) is 11.7. The largest absolute Gasteiger partial charge is 0.323 e. The van der Waals surface area contributed by atoms with E-state index in [9.17, 15) is 9.59 Å². The maximum absolute atomic E-state index is 12.7. The van der Waals surface area contributed by atoms with Crippen LogP contribution in [-0.2, 0) is 9.67 Å². The Morgan fingerprint density at radius 1 is 1.00 bits per heavy atom. The van der Waals surface area contributed by atoms with E-state index in [0.29, 0.717) is 21.8 Å². The summed E-state index contributed by atoms with van der Waals surface area (Å²) < 4.78 is 0. The summed E-state index contributed by atoms with van der Waals surface area (Å²) in [6.45, 7) is 0. The Balaban J connectivity index is 2.20. The number of carbonyl (C=O) groups is 2. The summed E-state index contributed by atoms with van der Waals surface area (Å²) in [4.78, 5) is 23.2. The Morgan fingerprint density at radius 2 is 1.70 bits per heavy atom. The number of alkyl halides is 1. The first-order chi connectivity index (χ1) is 9.53. The molecule has 1 aliphatic heterocycles. The van der Waals surface area contributed by atoms with Crippen molar-refractivity contribution >= 4 is 40.6 Å². The molecular weight excluding hydrogens is 297 g/mol. The number of nitrogens with one attached hydrogen (secondary N) is 1. The van der Waals surface area contributed by atoms with Gasteiger partial charge < -0.3 is 5.32 Å². The number of hydrogen-bond donors (Lipinski definition) is 1. The van der Waals surface area contributed by atoms with Crippen LogP contribution in [-0.4, -0.2) is 11.7 Å². The lowest BCUT2D eigenvalue weighted by Gasteiger charge is -2.30. The van der Waals surface area contributed by atoms with Gasteiger partial charge in [0.15, 0.2) is 5.78 Å². The Kier molecular flexibility index (Phi) is 3.04. The lowest BCUT2D eigenvalue weighted by atomic mass is 9.85. The van der Waals surface area contributed by atoms with Gasteiger partial charge in [-0.25, -0.2) is 0 Å². The summed E-state index contributed by atoms with van der Waals surface area (Å²) in [7, 11) is 0. The molecule has 3 nitrogen and oxygen atoms in total. The van der Waals surface area contributed by atoms with E-state index >= 15 is 0 Å². The third-order valence-corrected chi connectivity index (χ3v) is 4.07. The van der Waals surface area contributed by atoms with Gasteiger partial charge in [-0.15, -0.1) is 0 Å². The molecule has 0 radical (unpaired) electrons. The molecule has 0 unspecified atom stereocenters. The number of fused-ring (bicyclic) bond motifs is 1. The number of carbonyl (C=O) groups excluding carboxylic acids is 2. The zero-order valence-electron chi connectivity index (χ0n) is 10.2. The second-order valence-electron chi connectivity index (χ2n) is 4.50. The third kappa shape index (κ3) is 1.82. The summed E-state index contributed by atoms with van der Waals surface area (Å²) in [5.74, 6) is -1.02. The summed E-state index contributed by atoms with van der Waals surface area (Å²) in [5.41, 5.74) is 1.18. The smallest absolute Gasteiger partial charge is 0.258 e. The van der Waals surface area contributed by atoms with E-state index in [4.69, 9.17) is 23.2 Å². The number of anilines is 1. The van der Waals surface area contributed by atoms with Crippen LogP contribution in [0.3, 0.4) is 0 Å². The van der Waals surface area contributed by atoms with E-state index in [1.807, 2.05) is 0 Å². The summed E-state index contributed by atoms with van der Waals surface area (Å²) in [5, 5.41) is 3.07. The van der Waals surface area contributed by atoms with Crippen LogP contribution in [0.25, 0.3) is 0 Å². The highest BCUT2D eigenvalue weighted by molar-refractivity contribution is 6.51. The Labute approximate surface area is 125 Å². The van der Waals surface area contributed by atoms with E-state index in [0.717, 1.165) is 0 Å². The number of rotatable bonds is 1. The highest BCUT2D eigenvalue weighted by Gasteiger charge is 2.49. The molecule has 3 rings (SSSR count). The minimum absolute atomic E-state index is 0.316. The number of ketones is 1. The topological polar surface area (TPSA) is 46.2 Å². The van der Waals surface area contributed by atoms with Crippen LogP contribution in [0, 0.1) is 0 Å². The van der Waals surface area contributed by atoms with Gasteiger partial charge in [0, 0.05) is 10.6 Å². The SMILES string of the molecule is O=C1Nc2ccc(Cl)cc2C(=O)[C@@]1(Cl)c1ccccc1. The number of halogens is 2. The van der Waals surface area contributed by atoms with Crippen molar-refractivity contribution in [1.82, 2.24) is 0 Å². The monoisotopic (exact) mass is 305 g/mol. The first-order valence-corrected chi connectivity index (χ1v) is 6.69. The van der Waals surface area contributed by atoms with Crippen molar-refractivity contribution in [3.63, 3.8) is 0 Å². The zero-order chi connectivity index (χ0) is 14.3. The van der Waals surface area contributed by atoms with Crippen LogP contribution >= 0.6 is 23.2 Å². The summed E-state index contributed by atoms with van der Waals surface area (Å²) in [6, 6.07) is 13.3. The van der Waals surface area contributed by atoms with Gasteiger partial charge in [0.2, 0.25) is 4.87 Å². The van der Waals surface area contributed by atoms with E-state index in [2.05, 4.69) is 5.32 Å². The van der Waals surface area contributed by atoms with Crippen LogP contribution < -0.4 is 5.32 Å². The van der Waals surface area contributed by atoms with Crippen LogP contribution in [0.15, 0.2) is 48.5 Å². The number of Topliss-reactive ketones (excluding diaryl/α,β-unsaturated/α-hetero) is 1. The van der Waals surface area contributed by atoms with Crippen molar-refractivity contribution in [2.75, 3.05) is 5.32 Å². The number of benzene rings is 2. The molecule has 1 aliphatic rings. The molecule has 1 heterocycles. The lowest BCUT2D eigenvalue weighted by Crippen LogP contribution is -2.46. The molecule has 1 atom stereocenters. The quantitative estimate of drug-likeness (QED) is 0.646. The molecule has 100 valence electrons. The molecule has 2 aromatic rings. The van der Waals surface area contributed by atoms with Crippen molar-refractivity contribution in [3.05, 3.63) is 64.7 Å². The molecule has 2 aromatic carbocycles. The predicted molar refractivity (Wildman–Crippen MR) is 78.4 cm³/mol. The van der Waals surface area contributed by atoms with E-state index < -0.39 is 16.6 Å². The van der Waals surface area contributed by atoms with E-state index in [1.165, 1.54) is 6.07 Å². The maximum Gasteiger partial charge on any atom is 0.258 e. The predicted octanol–water partition coefficient (Wildman–Crippen LogP) is 3.61. The van der Waals surface area contributed by atoms with Crippen molar-refractivity contribution in [3.8, 4) is 0 Å². The Bertz CT molecular complexity index is 715. The van der Waals surface area contributed by atoms with Crippen LogP contribution in [0.4, 0.5) is 5.69 Å². The van der Waals surface area contributed by atoms with E-state index in [-0.39, 0.29) is 0 Å². The molecule has 5 heteroatoms. The standard InChI is InChI=1S/C15H9Cl2NO2/c16-10-6-7-12-11(8-10)13(19)15(17,14(20)18-12)9-4-2-1-3-5-9/h1-8H,(H,18,20)/t15-/m0/s1. The average molecular weight is 306 g/mol. The minimum atomic E-state index is -1.75. The second-order valence-corrected chi connectivity index (χ2v) is 5.50. The highest BCUT2D eigenvalue weighted by atomic mass is 35.5. The molecule has 0 saturated carbocycles. The lowest BCUT2D eigenvalue weighted by molar-refractivity contribution is -0.117. The van der Waals surface area contributed by atoms with Crippen LogP contribution in [0.2, 0.25) is 5.02 Å². The van der Waals surface area contributed by atoms with Gasteiger partial charge in [-0.1, -0.05) is 53.5 Å². The number of hydrogen-bond acceptors (Lipinski definition) is 2. The summed E-state index contributed by atoms with van der Waals surface area (Å²) >= 11 is 12.3. The molecule has 0 fully saturated rings. The van der Waals surface area contributed by atoms with Crippen molar-refractivity contribution in [1.29, 1.82) is 0 Å². The Hall–Kier alpha value is -1.84. The molecular formula is C15H9Cl2NO2. The Morgan fingerprint density at radius 3 is 2.40 bits per heavy atom. The summed E-state index contributed by atoms with van der Waals surface area (Å²) in [6.07, 6.45) is 0. The van der Waals surface area contributed by atoms with Gasteiger partial charge in [-0.05, 0) is 23.8 Å². The average Bonchev–Trinajstić information content (AvgIpc) is 2.47. The molecule has 0 bridgehead atoms. The second kappa shape index (κ2) is 4.62.